The Hall–Kier alpha value is -2.29. The first-order valence-electron chi connectivity index (χ1n) is 6.57. The van der Waals surface area contributed by atoms with E-state index in [1.807, 2.05) is 55.5 Å². The van der Waals surface area contributed by atoms with Gasteiger partial charge in [0.15, 0.2) is 0 Å². The fraction of sp³-hybridized carbons (Fsp3) is 0.235. The van der Waals surface area contributed by atoms with Crippen LogP contribution in [0.2, 0.25) is 0 Å². The Labute approximate surface area is 118 Å². The second kappa shape index (κ2) is 6.24. The Bertz CT molecular complexity index is 570. The first-order chi connectivity index (χ1) is 9.56. The second-order valence-electron chi connectivity index (χ2n) is 4.90. The van der Waals surface area contributed by atoms with E-state index in [0.717, 1.165) is 16.9 Å². The lowest BCUT2D eigenvalue weighted by atomic mass is 10.0. The predicted octanol–water partition coefficient (Wildman–Crippen LogP) is 3.76. The lowest BCUT2D eigenvalue weighted by Gasteiger charge is -2.09. The molecule has 0 fully saturated rings. The zero-order chi connectivity index (χ0) is 14.5. The first kappa shape index (κ1) is 14.1. The van der Waals surface area contributed by atoms with Crippen molar-refractivity contribution in [1.29, 1.82) is 0 Å². The molecular formula is C17H18O3. The number of aryl methyl sites for hydroxylation is 1. The molecule has 2 aromatic rings. The van der Waals surface area contributed by atoms with Gasteiger partial charge in [-0.15, -0.1) is 0 Å². The molecule has 0 saturated carbocycles. The van der Waals surface area contributed by atoms with Crippen LogP contribution in [0, 0.1) is 6.92 Å². The van der Waals surface area contributed by atoms with Gasteiger partial charge >= 0.3 is 5.97 Å². The third kappa shape index (κ3) is 3.60. The van der Waals surface area contributed by atoms with Crippen LogP contribution in [0.4, 0.5) is 0 Å². The van der Waals surface area contributed by atoms with Crippen molar-refractivity contribution in [3.05, 3.63) is 65.2 Å². The number of ether oxygens (including phenoxy) is 1. The molecule has 0 aliphatic carbocycles. The van der Waals surface area contributed by atoms with Crippen molar-refractivity contribution in [1.82, 2.24) is 0 Å². The zero-order valence-electron chi connectivity index (χ0n) is 11.7. The number of hydrogen-bond acceptors (Lipinski definition) is 2. The fourth-order valence-electron chi connectivity index (χ4n) is 1.85. The molecule has 0 aromatic heterocycles. The Balaban J connectivity index is 1.97. The molecule has 20 heavy (non-hydrogen) atoms. The maximum Gasteiger partial charge on any atom is 0.310 e. The van der Waals surface area contributed by atoms with Crippen LogP contribution >= 0.6 is 0 Å². The highest BCUT2D eigenvalue weighted by molar-refractivity contribution is 5.75. The summed E-state index contributed by atoms with van der Waals surface area (Å²) in [5.41, 5.74) is 3.02. The molecule has 3 nitrogen and oxygen atoms in total. The van der Waals surface area contributed by atoms with E-state index in [1.54, 1.807) is 6.92 Å². The number of hydrogen-bond donors (Lipinski definition) is 1. The van der Waals surface area contributed by atoms with Gasteiger partial charge in [0, 0.05) is 0 Å². The number of rotatable bonds is 5. The Morgan fingerprint density at radius 3 is 2.25 bits per heavy atom. The summed E-state index contributed by atoms with van der Waals surface area (Å²) in [7, 11) is 0. The van der Waals surface area contributed by atoms with E-state index in [1.165, 1.54) is 5.56 Å². The largest absolute Gasteiger partial charge is 0.489 e. The maximum absolute atomic E-state index is 10.9. The lowest BCUT2D eigenvalue weighted by Crippen LogP contribution is -2.07. The van der Waals surface area contributed by atoms with E-state index in [4.69, 9.17) is 9.84 Å². The molecule has 0 bridgehead atoms. The van der Waals surface area contributed by atoms with Gasteiger partial charge in [0.2, 0.25) is 0 Å². The Morgan fingerprint density at radius 2 is 1.70 bits per heavy atom. The average Bonchev–Trinajstić information content (AvgIpc) is 2.46. The van der Waals surface area contributed by atoms with Crippen LogP contribution in [0.15, 0.2) is 48.5 Å². The summed E-state index contributed by atoms with van der Waals surface area (Å²) in [5.74, 6) is -0.464. The quantitative estimate of drug-likeness (QED) is 0.899. The van der Waals surface area contributed by atoms with Gasteiger partial charge in [-0.3, -0.25) is 4.79 Å². The summed E-state index contributed by atoms with van der Waals surface area (Å²) in [6, 6.07) is 15.4. The van der Waals surface area contributed by atoms with E-state index in [9.17, 15) is 4.79 Å². The Kier molecular flexibility index (Phi) is 4.41. The molecule has 0 amide bonds. The van der Waals surface area contributed by atoms with E-state index in [0.29, 0.717) is 6.61 Å². The van der Waals surface area contributed by atoms with Crippen molar-refractivity contribution in [3.63, 3.8) is 0 Å². The topological polar surface area (TPSA) is 46.5 Å². The minimum atomic E-state index is -0.811. The Morgan fingerprint density at radius 1 is 1.10 bits per heavy atom. The summed E-state index contributed by atoms with van der Waals surface area (Å²) in [4.78, 5) is 10.9. The van der Waals surface area contributed by atoms with Gasteiger partial charge < -0.3 is 9.84 Å². The summed E-state index contributed by atoms with van der Waals surface area (Å²) in [6.07, 6.45) is 0. The number of carbonyl (C=O) groups is 1. The zero-order valence-corrected chi connectivity index (χ0v) is 11.7. The third-order valence-electron chi connectivity index (χ3n) is 3.28. The van der Waals surface area contributed by atoms with Crippen molar-refractivity contribution in [2.45, 2.75) is 26.4 Å². The van der Waals surface area contributed by atoms with Crippen LogP contribution in [0.3, 0.4) is 0 Å². The van der Waals surface area contributed by atoms with Crippen molar-refractivity contribution in [3.8, 4) is 5.75 Å². The van der Waals surface area contributed by atoms with Crippen LogP contribution in [0.25, 0.3) is 0 Å². The van der Waals surface area contributed by atoms with Crippen LogP contribution in [-0.2, 0) is 11.4 Å². The van der Waals surface area contributed by atoms with Gasteiger partial charge in [-0.05, 0) is 37.1 Å². The van der Waals surface area contributed by atoms with Crippen LogP contribution in [-0.4, -0.2) is 11.1 Å². The first-order valence-corrected chi connectivity index (χ1v) is 6.57. The van der Waals surface area contributed by atoms with Crippen LogP contribution in [0.1, 0.15) is 29.5 Å². The molecule has 0 saturated heterocycles. The number of carboxylic acids is 1. The fourth-order valence-corrected chi connectivity index (χ4v) is 1.85. The van der Waals surface area contributed by atoms with Crippen molar-refractivity contribution < 1.29 is 14.6 Å². The van der Waals surface area contributed by atoms with Gasteiger partial charge in [-0.1, -0.05) is 42.0 Å². The normalized spacial score (nSPS) is 11.9. The van der Waals surface area contributed by atoms with Gasteiger partial charge in [0.1, 0.15) is 12.4 Å². The van der Waals surface area contributed by atoms with Crippen molar-refractivity contribution in [2.24, 2.45) is 0 Å². The van der Waals surface area contributed by atoms with Crippen LogP contribution in [0.5, 0.6) is 5.75 Å². The molecule has 2 rings (SSSR count). The smallest absolute Gasteiger partial charge is 0.310 e. The highest BCUT2D eigenvalue weighted by Gasteiger charge is 2.12. The van der Waals surface area contributed by atoms with Gasteiger partial charge in [0.05, 0.1) is 5.92 Å². The molecule has 1 atom stereocenters. The van der Waals surface area contributed by atoms with E-state index in [2.05, 4.69) is 0 Å². The molecule has 104 valence electrons. The maximum atomic E-state index is 10.9. The second-order valence-corrected chi connectivity index (χ2v) is 4.90. The van der Waals surface area contributed by atoms with Crippen molar-refractivity contribution >= 4 is 5.97 Å². The monoisotopic (exact) mass is 270 g/mol. The summed E-state index contributed by atoms with van der Waals surface area (Å²) in [5, 5.41) is 8.95. The number of carboxylic acid groups (broad SMARTS) is 1. The SMILES string of the molecule is Cc1ccc(OCc2ccc(C(C)C(=O)O)cc2)cc1. The average molecular weight is 270 g/mol. The van der Waals surface area contributed by atoms with Gasteiger partial charge in [-0.25, -0.2) is 0 Å². The van der Waals surface area contributed by atoms with E-state index >= 15 is 0 Å². The molecule has 2 aromatic carbocycles. The molecular weight excluding hydrogens is 252 g/mol. The molecule has 0 heterocycles. The highest BCUT2D eigenvalue weighted by atomic mass is 16.5. The lowest BCUT2D eigenvalue weighted by molar-refractivity contribution is -0.138. The molecule has 1 N–H and O–H groups in total. The van der Waals surface area contributed by atoms with Gasteiger partial charge in [0.25, 0.3) is 0 Å². The molecule has 3 heteroatoms. The molecule has 0 radical (unpaired) electrons. The highest BCUT2D eigenvalue weighted by Crippen LogP contribution is 2.18. The molecule has 0 spiro atoms. The molecule has 0 aliphatic heterocycles. The molecule has 0 aliphatic rings. The van der Waals surface area contributed by atoms with Crippen molar-refractivity contribution in [2.75, 3.05) is 0 Å². The standard InChI is InChI=1S/C17H18O3/c1-12-3-9-16(10-4-12)20-11-14-5-7-15(8-6-14)13(2)17(18)19/h3-10,13H,11H2,1-2H3,(H,18,19). The van der Waals surface area contributed by atoms with Gasteiger partial charge in [-0.2, -0.15) is 0 Å². The predicted molar refractivity (Wildman–Crippen MR) is 78.0 cm³/mol. The summed E-state index contributed by atoms with van der Waals surface area (Å²) < 4.78 is 5.68. The van der Waals surface area contributed by atoms with E-state index < -0.39 is 11.9 Å². The number of aliphatic carboxylic acids is 1. The summed E-state index contributed by atoms with van der Waals surface area (Å²) >= 11 is 0. The number of benzene rings is 2. The minimum absolute atomic E-state index is 0.477. The molecule has 1 unspecified atom stereocenters. The van der Waals surface area contributed by atoms with Crippen LogP contribution < -0.4 is 4.74 Å². The summed E-state index contributed by atoms with van der Waals surface area (Å²) in [6.45, 7) is 4.19. The van der Waals surface area contributed by atoms with E-state index in [-0.39, 0.29) is 0 Å². The minimum Gasteiger partial charge on any atom is -0.489 e. The third-order valence-corrected chi connectivity index (χ3v) is 3.28.